The minimum atomic E-state index is -1.73. The van der Waals surface area contributed by atoms with Crippen LogP contribution in [-0.4, -0.2) is 54.7 Å². The minimum absolute atomic E-state index is 0.139. The number of carbonyl (C=O) groups excluding carboxylic acids is 1. The molecular weight excluding hydrogens is 438 g/mol. The van der Waals surface area contributed by atoms with E-state index in [9.17, 15) is 4.79 Å². The van der Waals surface area contributed by atoms with E-state index < -0.39 is 16.6 Å². The number of nitrogens with zero attached hydrogens (tertiary/aromatic N) is 1. The number of hydrogen-bond donors (Lipinski definition) is 0. The average molecular weight is 488 g/mol. The molecule has 0 amide bonds. The smallest absolute Gasteiger partial charge is 0.305 e. The first-order chi connectivity index (χ1) is 14.9. The first-order valence-corrected chi connectivity index (χ1v) is 19.2. The molecule has 8 heteroatoms. The molecule has 32 heavy (non-hydrogen) atoms. The van der Waals surface area contributed by atoms with Crippen LogP contribution in [0.1, 0.15) is 64.7 Å². The number of rotatable bonds is 15. The van der Waals surface area contributed by atoms with Gasteiger partial charge in [0.1, 0.15) is 7.11 Å². The van der Waals surface area contributed by atoms with E-state index in [1.807, 2.05) is 0 Å². The maximum Gasteiger partial charge on any atom is 0.305 e. The molecule has 0 spiro atoms. The van der Waals surface area contributed by atoms with Crippen molar-refractivity contribution in [1.82, 2.24) is 0 Å². The van der Waals surface area contributed by atoms with Gasteiger partial charge in [-0.2, -0.15) is 0 Å². The third-order valence-electron chi connectivity index (χ3n) is 5.94. The van der Waals surface area contributed by atoms with E-state index in [-0.39, 0.29) is 18.2 Å². The van der Waals surface area contributed by atoms with Gasteiger partial charge in [-0.25, -0.2) is 0 Å². The van der Waals surface area contributed by atoms with Gasteiger partial charge < -0.3 is 18.4 Å². The van der Waals surface area contributed by atoms with E-state index >= 15 is 0 Å². The Morgan fingerprint density at radius 1 is 0.844 bits per heavy atom. The van der Waals surface area contributed by atoms with Gasteiger partial charge in [-0.1, -0.05) is 24.9 Å². The number of methoxy groups -OCH3 is 1. The lowest BCUT2D eigenvalue weighted by atomic mass is 9.85. The van der Waals surface area contributed by atoms with Crippen molar-refractivity contribution in [1.29, 1.82) is 0 Å². The Bertz CT molecular complexity index is 586. The number of oxime groups is 1. The summed E-state index contributed by atoms with van der Waals surface area (Å²) in [4.78, 5) is 17.1. The van der Waals surface area contributed by atoms with Crippen LogP contribution in [0.4, 0.5) is 0 Å². The molecule has 0 N–H and O–H groups in total. The molecule has 0 heterocycles. The third kappa shape index (κ3) is 11.4. The fourth-order valence-corrected chi connectivity index (χ4v) is 7.11. The van der Waals surface area contributed by atoms with Crippen molar-refractivity contribution in [3.05, 3.63) is 0 Å². The van der Waals surface area contributed by atoms with Gasteiger partial charge in [-0.15, -0.1) is 0 Å². The number of unbranched alkanes of at least 4 members (excludes halogenated alkanes) is 2. The van der Waals surface area contributed by atoms with Gasteiger partial charge in [0.25, 0.3) is 0 Å². The largest absolute Gasteiger partial charge is 0.469 e. The Hall–Kier alpha value is -0.706. The van der Waals surface area contributed by atoms with Crippen molar-refractivity contribution in [2.45, 2.75) is 116 Å². The Labute approximate surface area is 199 Å². The molecule has 6 nitrogen and oxygen atoms in total. The van der Waals surface area contributed by atoms with E-state index in [0.29, 0.717) is 18.3 Å². The van der Waals surface area contributed by atoms with Gasteiger partial charge in [0.15, 0.2) is 16.6 Å². The summed E-state index contributed by atoms with van der Waals surface area (Å²) in [6.45, 7) is 15.7. The summed E-state index contributed by atoms with van der Waals surface area (Å²) >= 11 is 0. The van der Waals surface area contributed by atoms with E-state index in [1.54, 1.807) is 7.11 Å². The lowest BCUT2D eigenvalue weighted by Gasteiger charge is -2.31. The normalized spacial score (nSPS) is 24.6. The van der Waals surface area contributed by atoms with Crippen LogP contribution >= 0.6 is 0 Å². The topological polar surface area (TPSA) is 66.4 Å². The molecule has 1 saturated carbocycles. The van der Waals surface area contributed by atoms with Gasteiger partial charge in [0.2, 0.25) is 0 Å². The van der Waals surface area contributed by atoms with Crippen molar-refractivity contribution < 1.29 is 23.2 Å². The zero-order valence-electron chi connectivity index (χ0n) is 22.2. The highest BCUT2D eigenvalue weighted by Gasteiger charge is 2.46. The van der Waals surface area contributed by atoms with Crippen LogP contribution in [0.15, 0.2) is 5.16 Å². The number of hydrogen-bond acceptors (Lipinski definition) is 6. The summed E-state index contributed by atoms with van der Waals surface area (Å²) in [5.74, 6) is 0.494. The number of ether oxygens (including phenoxy) is 1. The molecule has 0 aliphatic heterocycles. The van der Waals surface area contributed by atoms with Crippen molar-refractivity contribution >= 4 is 28.3 Å². The summed E-state index contributed by atoms with van der Waals surface area (Å²) in [6.07, 6.45) is 8.86. The Kier molecular flexibility index (Phi) is 12.7. The van der Waals surface area contributed by atoms with Crippen LogP contribution in [0.2, 0.25) is 39.3 Å². The van der Waals surface area contributed by atoms with Crippen molar-refractivity contribution in [2.24, 2.45) is 17.0 Å². The molecule has 0 aromatic carbocycles. The first-order valence-electron chi connectivity index (χ1n) is 12.4. The van der Waals surface area contributed by atoms with E-state index in [2.05, 4.69) is 51.4 Å². The number of esters is 1. The van der Waals surface area contributed by atoms with Gasteiger partial charge >= 0.3 is 5.97 Å². The Morgan fingerprint density at radius 3 is 1.81 bits per heavy atom. The van der Waals surface area contributed by atoms with Gasteiger partial charge in [-0.05, 0) is 89.6 Å². The van der Waals surface area contributed by atoms with Crippen LogP contribution in [0.3, 0.4) is 0 Å². The summed E-state index contributed by atoms with van der Waals surface area (Å²) in [5, 5.41) is 4.33. The lowest BCUT2D eigenvalue weighted by Crippen LogP contribution is -2.35. The maximum absolute atomic E-state index is 12.0. The fourth-order valence-electron chi connectivity index (χ4n) is 4.75. The molecule has 0 unspecified atom stereocenters. The summed E-state index contributed by atoms with van der Waals surface area (Å²) in [6, 6.07) is 0. The van der Waals surface area contributed by atoms with Crippen LogP contribution in [0.5, 0.6) is 0 Å². The molecule has 1 aliphatic rings. The molecule has 1 aliphatic carbocycles. The molecular formula is C24H49NO5Si2. The third-order valence-corrected chi connectivity index (χ3v) is 7.96. The van der Waals surface area contributed by atoms with Crippen LogP contribution < -0.4 is 0 Å². The van der Waals surface area contributed by atoms with Crippen molar-refractivity contribution in [3.8, 4) is 0 Å². The molecule has 0 aromatic rings. The molecule has 0 radical (unpaired) electrons. The molecule has 1 fully saturated rings. The summed E-state index contributed by atoms with van der Waals surface area (Å²) in [7, 11) is -0.359. The molecule has 0 bridgehead atoms. The van der Waals surface area contributed by atoms with E-state index in [1.165, 1.54) is 20.0 Å². The van der Waals surface area contributed by atoms with Gasteiger partial charge in [-0.3, -0.25) is 4.79 Å². The monoisotopic (exact) mass is 487 g/mol. The minimum Gasteiger partial charge on any atom is -0.469 e. The molecule has 0 aromatic heterocycles. The predicted molar refractivity (Wildman–Crippen MR) is 137 cm³/mol. The van der Waals surface area contributed by atoms with Gasteiger partial charge in [0.05, 0.1) is 25.0 Å². The van der Waals surface area contributed by atoms with Crippen LogP contribution in [0, 0.1) is 11.8 Å². The second kappa shape index (κ2) is 13.9. The maximum atomic E-state index is 12.0. The number of carbonyl (C=O) groups is 1. The van der Waals surface area contributed by atoms with Crippen LogP contribution in [0.25, 0.3) is 0 Å². The summed E-state index contributed by atoms with van der Waals surface area (Å²) in [5.41, 5.74) is 1.13. The highest BCUT2D eigenvalue weighted by atomic mass is 28.4. The standard InChI is InChI=1S/C24H49NO5Si2/c1-10-11-12-13-19(25-28-3)14-15-20-21(16-17-24(26)27-2)23(30-32(7,8)9)18-22(20)29-31(4,5)6/h20-23H,10-18H2,1-9H3/b25-19+/t20-,21-,22+,23+/m1/s1. The van der Waals surface area contributed by atoms with E-state index in [0.717, 1.165) is 44.2 Å². The highest BCUT2D eigenvalue weighted by molar-refractivity contribution is 6.70. The van der Waals surface area contributed by atoms with Crippen LogP contribution in [-0.2, 0) is 23.2 Å². The van der Waals surface area contributed by atoms with Crippen molar-refractivity contribution in [2.75, 3.05) is 14.2 Å². The molecule has 0 saturated heterocycles. The lowest BCUT2D eigenvalue weighted by molar-refractivity contribution is -0.141. The van der Waals surface area contributed by atoms with Gasteiger partial charge in [0, 0.05) is 6.42 Å². The molecule has 4 atom stereocenters. The highest BCUT2D eigenvalue weighted by Crippen LogP contribution is 2.44. The quantitative estimate of drug-likeness (QED) is 0.0881. The Morgan fingerprint density at radius 2 is 1.38 bits per heavy atom. The average Bonchev–Trinajstić information content (AvgIpc) is 2.96. The first kappa shape index (κ1) is 29.3. The fraction of sp³-hybridized carbons (Fsp3) is 0.917. The molecule has 188 valence electrons. The second-order valence-electron chi connectivity index (χ2n) is 11.1. The predicted octanol–water partition coefficient (Wildman–Crippen LogP) is 6.38. The molecule has 1 rings (SSSR count). The Balaban J connectivity index is 3.07. The zero-order valence-corrected chi connectivity index (χ0v) is 24.2. The van der Waals surface area contributed by atoms with E-state index in [4.69, 9.17) is 18.4 Å². The van der Waals surface area contributed by atoms with Crippen molar-refractivity contribution in [3.63, 3.8) is 0 Å². The summed E-state index contributed by atoms with van der Waals surface area (Å²) < 4.78 is 18.3. The second-order valence-corrected chi connectivity index (χ2v) is 20.0. The zero-order chi connectivity index (χ0) is 24.4. The SMILES string of the molecule is CCCCC/C(CC[C@@H]1[C@@H](CCC(=O)OC)[C@@H](O[Si](C)(C)C)C[C@@H]1O[Si](C)(C)C)=N\OC.